The standard InChI is InChI=1S/C11H15FN4O4/c1-11(2,3)19-10(18)15-4-5-16-7(6-15)13-8(14-16)9(17)20-12/h4-6H2,1-3H3. The summed E-state index contributed by atoms with van der Waals surface area (Å²) in [7, 11) is 0. The topological polar surface area (TPSA) is 86.6 Å². The Bertz CT molecular complexity index is 537. The molecule has 0 aliphatic carbocycles. The Labute approximate surface area is 114 Å². The molecule has 9 heteroatoms. The fourth-order valence-electron chi connectivity index (χ4n) is 1.74. The number of aromatic nitrogens is 3. The predicted octanol–water partition coefficient (Wildman–Crippen LogP) is 1.07. The molecule has 8 nitrogen and oxygen atoms in total. The lowest BCUT2D eigenvalue weighted by Crippen LogP contribution is -2.41. The molecule has 110 valence electrons. The zero-order chi connectivity index (χ0) is 14.9. The summed E-state index contributed by atoms with van der Waals surface area (Å²) in [4.78, 5) is 31.3. The molecule has 0 N–H and O–H groups in total. The van der Waals surface area contributed by atoms with Crippen molar-refractivity contribution in [3.05, 3.63) is 11.6 Å². The van der Waals surface area contributed by atoms with Crippen LogP contribution in [0.5, 0.6) is 0 Å². The van der Waals surface area contributed by atoms with Crippen LogP contribution in [0.3, 0.4) is 0 Å². The van der Waals surface area contributed by atoms with Crippen LogP contribution in [0.15, 0.2) is 0 Å². The first-order valence-corrected chi connectivity index (χ1v) is 6.05. The molecule has 1 aliphatic heterocycles. The number of hydrogen-bond donors (Lipinski definition) is 0. The summed E-state index contributed by atoms with van der Waals surface area (Å²) in [5, 5.41) is 3.80. The molecule has 0 radical (unpaired) electrons. The SMILES string of the molecule is CC(C)(C)OC(=O)N1CCn2nc(C(=O)OF)nc2C1. The van der Waals surface area contributed by atoms with E-state index in [1.165, 1.54) is 9.58 Å². The maximum Gasteiger partial charge on any atom is 0.418 e. The number of amides is 1. The van der Waals surface area contributed by atoms with E-state index in [0.29, 0.717) is 18.9 Å². The van der Waals surface area contributed by atoms with Crippen LogP contribution in [0.4, 0.5) is 9.32 Å². The lowest BCUT2D eigenvalue weighted by molar-refractivity contribution is -0.0798. The van der Waals surface area contributed by atoms with Crippen molar-refractivity contribution in [2.24, 2.45) is 0 Å². The second-order valence-electron chi connectivity index (χ2n) is 5.34. The minimum absolute atomic E-state index is 0.140. The average Bonchev–Trinajstić information content (AvgIpc) is 2.78. The van der Waals surface area contributed by atoms with Crippen LogP contribution >= 0.6 is 0 Å². The third-order valence-electron chi connectivity index (χ3n) is 2.57. The molecule has 0 saturated heterocycles. The average molecular weight is 286 g/mol. The van der Waals surface area contributed by atoms with Gasteiger partial charge in [0.05, 0.1) is 13.1 Å². The number of ether oxygens (including phenoxy) is 1. The van der Waals surface area contributed by atoms with Gasteiger partial charge in [-0.15, -0.1) is 5.10 Å². The number of carbonyl (C=O) groups excluding carboxylic acids is 2. The second kappa shape index (κ2) is 5.06. The van der Waals surface area contributed by atoms with Crippen LogP contribution in [0, 0.1) is 0 Å². The van der Waals surface area contributed by atoms with E-state index in [0.717, 1.165) is 0 Å². The van der Waals surface area contributed by atoms with Gasteiger partial charge in [-0.1, -0.05) is 0 Å². The number of fused-ring (bicyclic) bond motifs is 1. The largest absolute Gasteiger partial charge is 0.444 e. The Balaban J connectivity index is 2.09. The molecule has 0 unspecified atom stereocenters. The molecular formula is C11H15FN4O4. The summed E-state index contributed by atoms with van der Waals surface area (Å²) in [5.41, 5.74) is -0.592. The van der Waals surface area contributed by atoms with E-state index in [-0.39, 0.29) is 12.4 Å². The van der Waals surface area contributed by atoms with Gasteiger partial charge < -0.3 is 4.74 Å². The number of halogens is 1. The van der Waals surface area contributed by atoms with Gasteiger partial charge in [-0.25, -0.2) is 24.2 Å². The highest BCUT2D eigenvalue weighted by molar-refractivity contribution is 5.84. The highest BCUT2D eigenvalue weighted by atomic mass is 19.3. The number of nitrogens with zero attached hydrogens (tertiary/aromatic N) is 4. The van der Waals surface area contributed by atoms with Crippen molar-refractivity contribution in [3.8, 4) is 0 Å². The summed E-state index contributed by atoms with van der Waals surface area (Å²) in [6.07, 6.45) is -0.471. The summed E-state index contributed by atoms with van der Waals surface area (Å²) in [6, 6.07) is 0. The van der Waals surface area contributed by atoms with Gasteiger partial charge in [-0.3, -0.25) is 4.90 Å². The minimum Gasteiger partial charge on any atom is -0.444 e. The Morgan fingerprint density at radius 3 is 2.60 bits per heavy atom. The van der Waals surface area contributed by atoms with Crippen molar-refractivity contribution >= 4 is 12.1 Å². The molecule has 0 aromatic carbocycles. The van der Waals surface area contributed by atoms with Gasteiger partial charge in [-0.2, -0.15) is 0 Å². The Hall–Kier alpha value is -2.19. The molecule has 0 spiro atoms. The normalized spacial score (nSPS) is 14.7. The zero-order valence-electron chi connectivity index (χ0n) is 11.4. The first kappa shape index (κ1) is 14.2. The lowest BCUT2D eigenvalue weighted by Gasteiger charge is -2.29. The van der Waals surface area contributed by atoms with Gasteiger partial charge in [0.15, 0.2) is 0 Å². The molecule has 0 saturated carbocycles. The van der Waals surface area contributed by atoms with Crippen LogP contribution in [-0.2, 0) is 22.8 Å². The molecule has 1 aliphatic rings. The van der Waals surface area contributed by atoms with E-state index in [1.807, 2.05) is 0 Å². The highest BCUT2D eigenvalue weighted by Crippen LogP contribution is 2.15. The summed E-state index contributed by atoms with van der Waals surface area (Å²) < 4.78 is 18.5. The molecule has 2 heterocycles. The number of carbonyl (C=O) groups is 2. The van der Waals surface area contributed by atoms with E-state index in [2.05, 4.69) is 15.0 Å². The van der Waals surface area contributed by atoms with Crippen LogP contribution in [0.2, 0.25) is 0 Å². The third-order valence-corrected chi connectivity index (χ3v) is 2.57. The van der Waals surface area contributed by atoms with Gasteiger partial charge >= 0.3 is 12.1 Å². The Morgan fingerprint density at radius 2 is 2.00 bits per heavy atom. The van der Waals surface area contributed by atoms with Crippen LogP contribution in [0.1, 0.15) is 37.2 Å². The minimum atomic E-state index is -1.25. The first-order valence-electron chi connectivity index (χ1n) is 6.05. The van der Waals surface area contributed by atoms with Crippen molar-refractivity contribution in [3.63, 3.8) is 0 Å². The fourth-order valence-corrected chi connectivity index (χ4v) is 1.74. The van der Waals surface area contributed by atoms with E-state index < -0.39 is 17.7 Å². The molecule has 0 bridgehead atoms. The molecule has 2 rings (SSSR count). The van der Waals surface area contributed by atoms with Crippen molar-refractivity contribution in [2.75, 3.05) is 6.54 Å². The van der Waals surface area contributed by atoms with Crippen molar-refractivity contribution < 1.29 is 23.8 Å². The van der Waals surface area contributed by atoms with E-state index in [4.69, 9.17) is 4.74 Å². The second-order valence-corrected chi connectivity index (χ2v) is 5.34. The first-order chi connectivity index (χ1) is 9.30. The molecule has 0 atom stereocenters. The van der Waals surface area contributed by atoms with Crippen molar-refractivity contribution in [2.45, 2.75) is 39.5 Å². The van der Waals surface area contributed by atoms with Gasteiger partial charge in [0.2, 0.25) is 0 Å². The van der Waals surface area contributed by atoms with Crippen LogP contribution in [-0.4, -0.2) is 43.9 Å². The molecule has 20 heavy (non-hydrogen) atoms. The quantitative estimate of drug-likeness (QED) is 0.767. The molecule has 1 aromatic heterocycles. The van der Waals surface area contributed by atoms with E-state index >= 15 is 0 Å². The highest BCUT2D eigenvalue weighted by Gasteiger charge is 2.29. The van der Waals surface area contributed by atoms with Crippen LogP contribution in [0.25, 0.3) is 0 Å². The summed E-state index contributed by atoms with van der Waals surface area (Å²) in [6.45, 7) is 6.17. The van der Waals surface area contributed by atoms with Crippen molar-refractivity contribution in [1.82, 2.24) is 19.7 Å². The van der Waals surface area contributed by atoms with E-state index in [9.17, 15) is 14.1 Å². The third kappa shape index (κ3) is 3.03. The van der Waals surface area contributed by atoms with Gasteiger partial charge in [0, 0.05) is 11.1 Å². The van der Waals surface area contributed by atoms with E-state index in [1.54, 1.807) is 20.8 Å². The van der Waals surface area contributed by atoms with Crippen LogP contribution < -0.4 is 0 Å². The smallest absolute Gasteiger partial charge is 0.418 e. The Kier molecular flexibility index (Phi) is 3.60. The number of rotatable bonds is 1. The molecular weight excluding hydrogens is 271 g/mol. The van der Waals surface area contributed by atoms with Gasteiger partial charge in [0.25, 0.3) is 5.82 Å². The van der Waals surface area contributed by atoms with Crippen molar-refractivity contribution in [1.29, 1.82) is 0 Å². The zero-order valence-corrected chi connectivity index (χ0v) is 11.4. The molecule has 1 amide bonds. The fraction of sp³-hybridized carbons (Fsp3) is 0.636. The summed E-state index contributed by atoms with van der Waals surface area (Å²) >= 11 is 0. The van der Waals surface area contributed by atoms with Gasteiger partial charge in [0.1, 0.15) is 11.4 Å². The summed E-state index contributed by atoms with van der Waals surface area (Å²) in [5.74, 6) is -1.24. The maximum absolute atomic E-state index is 11.9. The molecule has 1 aromatic rings. The molecule has 0 fully saturated rings. The maximum atomic E-state index is 11.9. The monoisotopic (exact) mass is 286 g/mol. The number of hydrogen-bond acceptors (Lipinski definition) is 6. The predicted molar refractivity (Wildman–Crippen MR) is 63.2 cm³/mol. The van der Waals surface area contributed by atoms with Gasteiger partial charge in [-0.05, 0) is 20.8 Å². The Morgan fingerprint density at radius 1 is 1.30 bits per heavy atom. The lowest BCUT2D eigenvalue weighted by atomic mass is 10.2.